The highest BCUT2D eigenvalue weighted by Gasteiger charge is 2.31. The van der Waals surface area contributed by atoms with E-state index in [1.807, 2.05) is 6.92 Å². The minimum Gasteiger partial charge on any atom is -0.494 e. The van der Waals surface area contributed by atoms with Gasteiger partial charge in [0.1, 0.15) is 5.75 Å². The second-order valence-corrected chi connectivity index (χ2v) is 4.86. The third kappa shape index (κ3) is 3.13. The fourth-order valence-corrected chi connectivity index (χ4v) is 2.55. The number of ether oxygens (including phenoxy) is 1. The van der Waals surface area contributed by atoms with E-state index in [0.717, 1.165) is 19.4 Å². The Hall–Kier alpha value is -2.15. The molecule has 7 heteroatoms. The van der Waals surface area contributed by atoms with Crippen molar-refractivity contribution in [1.82, 2.24) is 5.32 Å². The average molecular weight is 293 g/mol. The topological polar surface area (TPSA) is 84.7 Å². The predicted molar refractivity (Wildman–Crippen MR) is 78.7 cm³/mol. The number of nitrogens with one attached hydrogen (secondary N) is 1. The van der Waals surface area contributed by atoms with E-state index in [1.54, 1.807) is 11.0 Å². The van der Waals surface area contributed by atoms with Crippen LogP contribution in [0.4, 0.5) is 11.4 Å². The number of nitro benzene ring substituents is 1. The smallest absolute Gasteiger partial charge is 0.273 e. The zero-order chi connectivity index (χ0) is 15.4. The Kier molecular flexibility index (Phi) is 4.74. The summed E-state index contributed by atoms with van der Waals surface area (Å²) in [6.45, 7) is 3.27. The van der Waals surface area contributed by atoms with Crippen LogP contribution in [0.15, 0.2) is 18.2 Å². The van der Waals surface area contributed by atoms with Crippen molar-refractivity contribution in [3.8, 4) is 5.75 Å². The van der Waals surface area contributed by atoms with Crippen LogP contribution in [0.5, 0.6) is 5.75 Å². The van der Waals surface area contributed by atoms with Crippen LogP contribution in [-0.2, 0) is 4.79 Å². The molecule has 0 aromatic heterocycles. The largest absolute Gasteiger partial charge is 0.494 e. The zero-order valence-corrected chi connectivity index (χ0v) is 12.2. The number of anilines is 1. The summed E-state index contributed by atoms with van der Waals surface area (Å²) < 4.78 is 5.21. The van der Waals surface area contributed by atoms with Crippen molar-refractivity contribution in [3.63, 3.8) is 0 Å². The predicted octanol–water partition coefficient (Wildman–Crippen LogP) is 1.71. The normalized spacial score (nSPS) is 18.7. The molecule has 1 amide bonds. The van der Waals surface area contributed by atoms with Crippen LogP contribution in [0.2, 0.25) is 0 Å². The van der Waals surface area contributed by atoms with Gasteiger partial charge in [0.2, 0.25) is 5.91 Å². The second kappa shape index (κ2) is 6.53. The molecule has 0 saturated carbocycles. The lowest BCUT2D eigenvalue weighted by Gasteiger charge is -2.33. The van der Waals surface area contributed by atoms with Crippen molar-refractivity contribution in [2.45, 2.75) is 25.8 Å². The van der Waals surface area contributed by atoms with E-state index in [-0.39, 0.29) is 17.6 Å². The Morgan fingerprint density at radius 1 is 1.52 bits per heavy atom. The number of piperidine rings is 1. The molecule has 1 aliphatic rings. The number of methoxy groups -OCH3 is 1. The van der Waals surface area contributed by atoms with Crippen LogP contribution in [-0.4, -0.2) is 37.1 Å². The first-order chi connectivity index (χ1) is 10.1. The summed E-state index contributed by atoms with van der Waals surface area (Å²) in [5, 5.41) is 14.0. The van der Waals surface area contributed by atoms with Crippen molar-refractivity contribution in [1.29, 1.82) is 0 Å². The standard InChI is InChI=1S/C14H19N3O4/c1-3-15-11-5-4-8-16(14(11)18)12-7-6-10(17(19)20)9-13(12)21-2/h6-7,9,11,15H,3-5,8H2,1-2H3. The van der Waals surface area contributed by atoms with E-state index >= 15 is 0 Å². The molecule has 1 aromatic carbocycles. The summed E-state index contributed by atoms with van der Waals surface area (Å²) in [4.78, 5) is 24.5. The molecule has 1 unspecified atom stereocenters. The minimum atomic E-state index is -0.480. The monoisotopic (exact) mass is 293 g/mol. The molecule has 1 N–H and O–H groups in total. The zero-order valence-electron chi connectivity index (χ0n) is 12.2. The molecule has 0 radical (unpaired) electrons. The lowest BCUT2D eigenvalue weighted by molar-refractivity contribution is -0.384. The van der Waals surface area contributed by atoms with E-state index in [2.05, 4.69) is 5.32 Å². The lowest BCUT2D eigenvalue weighted by Crippen LogP contribution is -2.50. The molecule has 1 atom stereocenters. The molecule has 0 aliphatic carbocycles. The van der Waals surface area contributed by atoms with Gasteiger partial charge in [-0.3, -0.25) is 14.9 Å². The second-order valence-electron chi connectivity index (χ2n) is 4.86. The van der Waals surface area contributed by atoms with Crippen LogP contribution in [0, 0.1) is 10.1 Å². The van der Waals surface area contributed by atoms with Gasteiger partial charge in [0, 0.05) is 12.6 Å². The molecule has 0 bridgehead atoms. The van der Waals surface area contributed by atoms with Gasteiger partial charge in [0.25, 0.3) is 5.69 Å². The van der Waals surface area contributed by atoms with Gasteiger partial charge in [-0.1, -0.05) is 6.92 Å². The fourth-order valence-electron chi connectivity index (χ4n) is 2.55. The van der Waals surface area contributed by atoms with Crippen molar-refractivity contribution in [2.24, 2.45) is 0 Å². The number of hydrogen-bond acceptors (Lipinski definition) is 5. The van der Waals surface area contributed by atoms with Crippen LogP contribution in [0.1, 0.15) is 19.8 Å². The molecule has 7 nitrogen and oxygen atoms in total. The first-order valence-corrected chi connectivity index (χ1v) is 6.95. The highest BCUT2D eigenvalue weighted by Crippen LogP contribution is 2.34. The number of carbonyl (C=O) groups excluding carboxylic acids is 1. The quantitative estimate of drug-likeness (QED) is 0.660. The van der Waals surface area contributed by atoms with Gasteiger partial charge in [-0.05, 0) is 25.5 Å². The number of hydrogen-bond donors (Lipinski definition) is 1. The first-order valence-electron chi connectivity index (χ1n) is 6.95. The number of nitrogens with zero attached hydrogens (tertiary/aromatic N) is 2. The van der Waals surface area contributed by atoms with Crippen molar-refractivity contribution in [3.05, 3.63) is 28.3 Å². The number of benzene rings is 1. The van der Waals surface area contributed by atoms with Gasteiger partial charge in [-0.25, -0.2) is 0 Å². The van der Waals surface area contributed by atoms with Gasteiger partial charge in [0.15, 0.2) is 0 Å². The molecule has 0 spiro atoms. The van der Waals surface area contributed by atoms with Gasteiger partial charge < -0.3 is 15.0 Å². The lowest BCUT2D eigenvalue weighted by atomic mass is 10.0. The van der Waals surface area contributed by atoms with Gasteiger partial charge in [-0.15, -0.1) is 0 Å². The summed E-state index contributed by atoms with van der Waals surface area (Å²) in [7, 11) is 1.44. The summed E-state index contributed by atoms with van der Waals surface area (Å²) in [5.74, 6) is 0.324. The molecule has 21 heavy (non-hydrogen) atoms. The maximum atomic E-state index is 12.5. The highest BCUT2D eigenvalue weighted by atomic mass is 16.6. The third-order valence-corrected chi connectivity index (χ3v) is 3.55. The molecule has 1 heterocycles. The number of likely N-dealkylation sites (N-methyl/N-ethyl adjacent to an activating group) is 1. The van der Waals surface area contributed by atoms with Crippen molar-refractivity contribution >= 4 is 17.3 Å². The molecule has 1 aromatic rings. The molecular formula is C14H19N3O4. The molecule has 1 fully saturated rings. The van der Waals surface area contributed by atoms with E-state index in [1.165, 1.54) is 19.2 Å². The van der Waals surface area contributed by atoms with Crippen molar-refractivity contribution in [2.75, 3.05) is 25.1 Å². The summed E-state index contributed by atoms with van der Waals surface area (Å²) in [6.07, 6.45) is 1.68. The van der Waals surface area contributed by atoms with Gasteiger partial charge >= 0.3 is 0 Å². The van der Waals surface area contributed by atoms with E-state index in [0.29, 0.717) is 18.0 Å². The molecule has 2 rings (SSSR count). The number of rotatable bonds is 5. The van der Waals surface area contributed by atoms with Gasteiger partial charge in [0.05, 0.1) is 29.8 Å². The maximum absolute atomic E-state index is 12.5. The summed E-state index contributed by atoms with van der Waals surface area (Å²) in [5.41, 5.74) is 0.527. The maximum Gasteiger partial charge on any atom is 0.273 e. The Bertz CT molecular complexity index is 545. The first kappa shape index (κ1) is 15.2. The highest BCUT2D eigenvalue weighted by molar-refractivity contribution is 5.99. The van der Waals surface area contributed by atoms with Crippen molar-refractivity contribution < 1.29 is 14.5 Å². The Morgan fingerprint density at radius 2 is 2.29 bits per heavy atom. The van der Waals surface area contributed by atoms with E-state index < -0.39 is 4.92 Å². The van der Waals surface area contributed by atoms with Gasteiger partial charge in [-0.2, -0.15) is 0 Å². The number of carbonyl (C=O) groups is 1. The Balaban J connectivity index is 2.32. The third-order valence-electron chi connectivity index (χ3n) is 3.55. The molecule has 114 valence electrons. The molecule has 1 aliphatic heterocycles. The average Bonchev–Trinajstić information content (AvgIpc) is 2.49. The Morgan fingerprint density at radius 3 is 2.90 bits per heavy atom. The SMILES string of the molecule is CCNC1CCCN(c2ccc([N+](=O)[O-])cc2OC)C1=O. The van der Waals surface area contributed by atoms with Crippen LogP contribution < -0.4 is 15.0 Å². The molecular weight excluding hydrogens is 274 g/mol. The number of nitro groups is 1. The van der Waals surface area contributed by atoms with Crippen LogP contribution >= 0.6 is 0 Å². The number of amides is 1. The Labute approximate surface area is 123 Å². The fraction of sp³-hybridized carbons (Fsp3) is 0.500. The van der Waals surface area contributed by atoms with E-state index in [4.69, 9.17) is 4.74 Å². The van der Waals surface area contributed by atoms with Crippen LogP contribution in [0.25, 0.3) is 0 Å². The summed E-state index contributed by atoms with van der Waals surface area (Å²) >= 11 is 0. The number of non-ortho nitro benzene ring substituents is 1. The van der Waals surface area contributed by atoms with Crippen LogP contribution in [0.3, 0.4) is 0 Å². The summed E-state index contributed by atoms with van der Waals surface area (Å²) in [6, 6.07) is 4.11. The van der Waals surface area contributed by atoms with E-state index in [9.17, 15) is 14.9 Å². The minimum absolute atomic E-state index is 0.0183. The molecule has 1 saturated heterocycles.